The number of carbonyl (C=O) groups excluding carboxylic acids is 2. The van der Waals surface area contributed by atoms with E-state index in [1.54, 1.807) is 43.4 Å². The normalized spacial score (nSPS) is 18.3. The lowest BCUT2D eigenvalue weighted by atomic mass is 10.1. The summed E-state index contributed by atoms with van der Waals surface area (Å²) in [6.45, 7) is 0.0700. The third kappa shape index (κ3) is 4.42. The van der Waals surface area contributed by atoms with Crippen molar-refractivity contribution in [1.29, 1.82) is 0 Å². The zero-order valence-electron chi connectivity index (χ0n) is 18.8. The number of anilines is 2. The number of pyridine rings is 1. The lowest BCUT2D eigenvalue weighted by Gasteiger charge is -2.18. The zero-order valence-corrected chi connectivity index (χ0v) is 19.7. The van der Waals surface area contributed by atoms with Crippen LogP contribution in [0, 0.1) is 0 Å². The smallest absolute Gasteiger partial charge is 0.415 e. The van der Waals surface area contributed by atoms with Gasteiger partial charge in [-0.25, -0.2) is 14.6 Å². The molecule has 35 heavy (non-hydrogen) atoms. The Bertz CT molecular complexity index is 1450. The quantitative estimate of drug-likeness (QED) is 0.520. The van der Waals surface area contributed by atoms with Gasteiger partial charge in [0.25, 0.3) is 5.56 Å². The maximum absolute atomic E-state index is 12.8. The van der Waals surface area contributed by atoms with Crippen molar-refractivity contribution in [3.8, 4) is 0 Å². The van der Waals surface area contributed by atoms with Crippen LogP contribution in [0.25, 0.3) is 10.9 Å². The van der Waals surface area contributed by atoms with Crippen molar-refractivity contribution in [2.24, 2.45) is 7.05 Å². The molecule has 2 atom stereocenters. The topological polar surface area (TPSA) is 136 Å². The van der Waals surface area contributed by atoms with Gasteiger partial charge in [0, 0.05) is 7.05 Å². The summed E-state index contributed by atoms with van der Waals surface area (Å²) >= 11 is 1.38. The standard InChI is InChI=1S/C23H23N5O6S/c1-26-16-5-3-2-4-15(16)21(31)28(22(26)32)10-13(29)6-7-14-11-27(23(33)34-14)18-9-8-17-20(24-18)25-19(30)12-35-17/h2-5,8-9,13-14,29H,6-7,10-12H2,1H3,(H,24,25,30)/t13-,14-/m1/s1. The zero-order chi connectivity index (χ0) is 24.7. The molecule has 182 valence electrons. The van der Waals surface area contributed by atoms with Crippen molar-refractivity contribution in [2.75, 3.05) is 22.5 Å². The number of nitrogens with zero attached hydrogens (tertiary/aromatic N) is 4. The Labute approximate surface area is 203 Å². The van der Waals surface area contributed by atoms with E-state index in [0.717, 1.165) is 9.46 Å². The van der Waals surface area contributed by atoms with Crippen LogP contribution in [0.2, 0.25) is 0 Å². The number of amides is 2. The van der Waals surface area contributed by atoms with Gasteiger partial charge in [-0.15, -0.1) is 11.8 Å². The number of cyclic esters (lactones) is 1. The van der Waals surface area contributed by atoms with Crippen LogP contribution in [0.1, 0.15) is 12.8 Å². The van der Waals surface area contributed by atoms with E-state index < -0.39 is 29.6 Å². The number of aliphatic hydroxyl groups is 1. The Kier molecular flexibility index (Phi) is 6.07. The second-order valence-electron chi connectivity index (χ2n) is 8.48. The fourth-order valence-electron chi connectivity index (χ4n) is 4.27. The first-order valence-corrected chi connectivity index (χ1v) is 12.1. The number of hydrogen-bond donors (Lipinski definition) is 2. The van der Waals surface area contributed by atoms with Gasteiger partial charge in [-0.3, -0.25) is 23.6 Å². The molecule has 2 aliphatic heterocycles. The van der Waals surface area contributed by atoms with Crippen molar-refractivity contribution in [3.63, 3.8) is 0 Å². The summed E-state index contributed by atoms with van der Waals surface area (Å²) in [5.41, 5.74) is -0.430. The number of benzene rings is 1. The highest BCUT2D eigenvalue weighted by atomic mass is 32.2. The summed E-state index contributed by atoms with van der Waals surface area (Å²) in [5.74, 6) is 0.953. The molecule has 0 spiro atoms. The van der Waals surface area contributed by atoms with Crippen molar-refractivity contribution < 1.29 is 19.4 Å². The highest BCUT2D eigenvalue weighted by Gasteiger charge is 2.34. The Balaban J connectivity index is 1.24. The molecule has 1 fully saturated rings. The van der Waals surface area contributed by atoms with Crippen LogP contribution in [-0.4, -0.2) is 55.7 Å². The van der Waals surface area contributed by atoms with Gasteiger partial charge >= 0.3 is 11.8 Å². The molecule has 1 aromatic carbocycles. The molecule has 2 aliphatic rings. The van der Waals surface area contributed by atoms with E-state index in [2.05, 4.69) is 10.3 Å². The Morgan fingerprint density at radius 2 is 2.00 bits per heavy atom. The molecule has 0 bridgehead atoms. The molecule has 11 nitrogen and oxygen atoms in total. The number of hydrogen-bond acceptors (Lipinski definition) is 8. The number of fused-ring (bicyclic) bond motifs is 2. The van der Waals surface area contributed by atoms with Crippen LogP contribution in [0.5, 0.6) is 0 Å². The molecule has 3 aromatic rings. The lowest BCUT2D eigenvalue weighted by Crippen LogP contribution is -2.41. The van der Waals surface area contributed by atoms with Crippen LogP contribution in [0.15, 0.2) is 50.9 Å². The van der Waals surface area contributed by atoms with Gasteiger partial charge in [-0.2, -0.15) is 0 Å². The molecule has 1 saturated heterocycles. The molecule has 5 rings (SSSR count). The molecule has 0 radical (unpaired) electrons. The molecular formula is C23H23N5O6S. The number of para-hydroxylation sites is 1. The number of nitrogens with one attached hydrogen (secondary N) is 1. The van der Waals surface area contributed by atoms with Gasteiger partial charge in [0.1, 0.15) is 17.7 Å². The van der Waals surface area contributed by atoms with Gasteiger partial charge < -0.3 is 15.2 Å². The SMILES string of the molecule is Cn1c(=O)n(C[C@H](O)CC[C@@H]2CN(c3ccc4c(n3)NC(=O)CS4)C(=O)O2)c(=O)c2ccccc21. The number of aliphatic hydroxyl groups excluding tert-OH is 1. The van der Waals surface area contributed by atoms with Gasteiger partial charge in [0.15, 0.2) is 0 Å². The summed E-state index contributed by atoms with van der Waals surface area (Å²) < 4.78 is 7.84. The highest BCUT2D eigenvalue weighted by Crippen LogP contribution is 2.33. The van der Waals surface area contributed by atoms with Crippen molar-refractivity contribution >= 4 is 46.3 Å². The fraction of sp³-hybridized carbons (Fsp3) is 0.348. The molecule has 0 aliphatic carbocycles. The third-order valence-electron chi connectivity index (χ3n) is 6.08. The van der Waals surface area contributed by atoms with E-state index in [1.165, 1.54) is 21.2 Å². The number of aryl methyl sites for hydroxylation is 1. The molecule has 0 saturated carbocycles. The van der Waals surface area contributed by atoms with E-state index in [-0.39, 0.29) is 25.4 Å². The van der Waals surface area contributed by atoms with E-state index >= 15 is 0 Å². The van der Waals surface area contributed by atoms with E-state index in [1.807, 2.05) is 0 Å². The van der Waals surface area contributed by atoms with Crippen molar-refractivity contribution in [1.82, 2.24) is 14.1 Å². The van der Waals surface area contributed by atoms with Crippen LogP contribution in [-0.2, 0) is 23.1 Å². The number of thioether (sulfide) groups is 1. The molecule has 0 unspecified atom stereocenters. The second kappa shape index (κ2) is 9.19. The summed E-state index contributed by atoms with van der Waals surface area (Å²) in [6, 6.07) is 10.3. The minimum absolute atomic E-state index is 0.150. The van der Waals surface area contributed by atoms with E-state index in [4.69, 9.17) is 4.74 Å². The lowest BCUT2D eigenvalue weighted by molar-refractivity contribution is -0.113. The Hall–Kier alpha value is -3.64. The average molecular weight is 498 g/mol. The average Bonchev–Trinajstić information content (AvgIpc) is 3.24. The van der Waals surface area contributed by atoms with Crippen LogP contribution < -0.4 is 21.5 Å². The van der Waals surface area contributed by atoms with Crippen LogP contribution >= 0.6 is 11.8 Å². The first-order valence-electron chi connectivity index (χ1n) is 11.1. The second-order valence-corrected chi connectivity index (χ2v) is 9.49. The number of rotatable bonds is 6. The number of ether oxygens (including phenoxy) is 1. The monoisotopic (exact) mass is 497 g/mol. The van der Waals surface area contributed by atoms with Gasteiger partial charge in [0.2, 0.25) is 5.91 Å². The molecular weight excluding hydrogens is 474 g/mol. The minimum atomic E-state index is -0.983. The first-order chi connectivity index (χ1) is 16.8. The van der Waals surface area contributed by atoms with Crippen molar-refractivity contribution in [3.05, 3.63) is 57.2 Å². The van der Waals surface area contributed by atoms with Gasteiger partial charge in [-0.05, 0) is 37.1 Å². The van der Waals surface area contributed by atoms with E-state index in [0.29, 0.717) is 34.7 Å². The summed E-state index contributed by atoms with van der Waals surface area (Å²) in [6.07, 6.45) is -1.48. The summed E-state index contributed by atoms with van der Waals surface area (Å²) in [4.78, 5) is 56.1. The molecule has 2 aromatic heterocycles. The Morgan fingerprint density at radius 3 is 2.83 bits per heavy atom. The molecule has 2 amide bonds. The maximum atomic E-state index is 12.8. The van der Waals surface area contributed by atoms with Gasteiger partial charge in [-0.1, -0.05) is 12.1 Å². The molecule has 12 heteroatoms. The Morgan fingerprint density at radius 1 is 1.20 bits per heavy atom. The highest BCUT2D eigenvalue weighted by molar-refractivity contribution is 8.00. The maximum Gasteiger partial charge on any atom is 0.415 e. The van der Waals surface area contributed by atoms with Crippen LogP contribution in [0.3, 0.4) is 0 Å². The van der Waals surface area contributed by atoms with Crippen molar-refractivity contribution in [2.45, 2.75) is 36.5 Å². The fourth-order valence-corrected chi connectivity index (χ4v) is 5.02. The molecule has 4 heterocycles. The largest absolute Gasteiger partial charge is 0.444 e. The number of aromatic nitrogens is 3. The van der Waals surface area contributed by atoms with Crippen LogP contribution in [0.4, 0.5) is 16.4 Å². The van der Waals surface area contributed by atoms with Gasteiger partial charge in [0.05, 0.1) is 40.7 Å². The predicted molar refractivity (Wildman–Crippen MR) is 130 cm³/mol. The van der Waals surface area contributed by atoms with E-state index in [9.17, 15) is 24.3 Å². The minimum Gasteiger partial charge on any atom is -0.444 e. The third-order valence-corrected chi connectivity index (χ3v) is 7.13. The molecule has 2 N–H and O–H groups in total. The number of carbonyl (C=O) groups is 2. The summed E-state index contributed by atoms with van der Waals surface area (Å²) in [5, 5.41) is 13.7. The predicted octanol–water partition coefficient (Wildman–Crippen LogP) is 1.31. The first kappa shape index (κ1) is 23.1. The summed E-state index contributed by atoms with van der Waals surface area (Å²) in [7, 11) is 1.58.